The molecule has 0 atom stereocenters. The van der Waals surface area contributed by atoms with Gasteiger partial charge < -0.3 is 13.9 Å². The maximum absolute atomic E-state index is 6.26. The molecule has 0 N–H and O–H groups in total. The molecule has 0 unspecified atom stereocenters. The van der Waals surface area contributed by atoms with Crippen LogP contribution in [0.25, 0.3) is 105 Å². The molecule has 67 heavy (non-hydrogen) atoms. The summed E-state index contributed by atoms with van der Waals surface area (Å²) in [6.07, 6.45) is 0. The van der Waals surface area contributed by atoms with Crippen molar-refractivity contribution in [2.75, 3.05) is 4.90 Å². The van der Waals surface area contributed by atoms with E-state index in [0.717, 1.165) is 66.9 Å². The van der Waals surface area contributed by atoms with E-state index in [9.17, 15) is 0 Å². The topological polar surface area (TPSA) is 21.3 Å². The minimum Gasteiger partial charge on any atom is -0.456 e. The molecule has 2 heterocycles. The highest BCUT2D eigenvalue weighted by atomic mass is 16.3. The summed E-state index contributed by atoms with van der Waals surface area (Å²) in [5.74, 6) is 0. The van der Waals surface area contributed by atoms with Crippen molar-refractivity contribution in [2.45, 2.75) is 0 Å². The Morgan fingerprint density at radius 3 is 1.69 bits per heavy atom. The number of fused-ring (bicyclic) bond motifs is 7. The first kappa shape index (κ1) is 38.5. The number of furan rings is 1. The van der Waals surface area contributed by atoms with Crippen molar-refractivity contribution in [3.05, 3.63) is 255 Å². The Bertz CT molecular complexity index is 3990. The van der Waals surface area contributed by atoms with Crippen molar-refractivity contribution in [1.29, 1.82) is 0 Å². The van der Waals surface area contributed by atoms with Gasteiger partial charge in [0.05, 0.1) is 16.7 Å². The molecule has 0 amide bonds. The number of aromatic nitrogens is 1. The van der Waals surface area contributed by atoms with Gasteiger partial charge in [-0.15, -0.1) is 0 Å². The second-order valence-electron chi connectivity index (χ2n) is 17.2. The van der Waals surface area contributed by atoms with Crippen LogP contribution in [0.5, 0.6) is 0 Å². The van der Waals surface area contributed by atoms with Crippen molar-refractivity contribution in [3.8, 4) is 50.2 Å². The van der Waals surface area contributed by atoms with E-state index in [1.807, 2.05) is 12.1 Å². The Labute approximate surface area is 388 Å². The zero-order chi connectivity index (χ0) is 44.3. The Balaban J connectivity index is 1.04. The van der Waals surface area contributed by atoms with Gasteiger partial charge in [-0.25, -0.2) is 0 Å². The highest BCUT2D eigenvalue weighted by Gasteiger charge is 2.22. The number of hydrogen-bond acceptors (Lipinski definition) is 2. The number of hydrogen-bond donors (Lipinski definition) is 0. The van der Waals surface area contributed by atoms with Crippen LogP contribution >= 0.6 is 0 Å². The maximum Gasteiger partial charge on any atom is 0.135 e. The third-order valence-electron chi connectivity index (χ3n) is 13.4. The molecule has 0 aliphatic heterocycles. The Kier molecular flexibility index (Phi) is 9.17. The smallest absolute Gasteiger partial charge is 0.135 e. The molecule has 0 fully saturated rings. The van der Waals surface area contributed by atoms with E-state index in [-0.39, 0.29) is 0 Å². The highest BCUT2D eigenvalue weighted by Crippen LogP contribution is 2.47. The third kappa shape index (κ3) is 6.51. The van der Waals surface area contributed by atoms with Gasteiger partial charge in [0.25, 0.3) is 0 Å². The van der Waals surface area contributed by atoms with Gasteiger partial charge >= 0.3 is 0 Å². The van der Waals surface area contributed by atoms with Gasteiger partial charge in [-0.3, -0.25) is 0 Å². The first-order valence-electron chi connectivity index (χ1n) is 22.9. The average molecular weight is 855 g/mol. The van der Waals surface area contributed by atoms with Gasteiger partial charge in [0.1, 0.15) is 11.2 Å². The van der Waals surface area contributed by atoms with E-state index >= 15 is 0 Å². The van der Waals surface area contributed by atoms with Crippen LogP contribution in [-0.4, -0.2) is 4.57 Å². The molecule has 13 rings (SSSR count). The molecular formula is C64H42N2O. The summed E-state index contributed by atoms with van der Waals surface area (Å²) < 4.78 is 8.65. The van der Waals surface area contributed by atoms with Crippen LogP contribution in [0.4, 0.5) is 17.1 Å². The van der Waals surface area contributed by atoms with Crippen LogP contribution in [0.2, 0.25) is 0 Å². The minimum atomic E-state index is 0.889. The zero-order valence-corrected chi connectivity index (χ0v) is 36.6. The van der Waals surface area contributed by atoms with Crippen LogP contribution in [0.3, 0.4) is 0 Å². The van der Waals surface area contributed by atoms with Crippen LogP contribution in [-0.2, 0) is 0 Å². The fourth-order valence-corrected chi connectivity index (χ4v) is 10.4. The van der Waals surface area contributed by atoms with E-state index in [1.54, 1.807) is 0 Å². The minimum absolute atomic E-state index is 0.889. The number of anilines is 3. The normalized spacial score (nSPS) is 11.6. The molecule has 314 valence electrons. The van der Waals surface area contributed by atoms with Crippen LogP contribution in [0.15, 0.2) is 259 Å². The maximum atomic E-state index is 6.26. The van der Waals surface area contributed by atoms with E-state index in [0.29, 0.717) is 0 Å². The molecule has 11 aromatic carbocycles. The molecule has 0 spiro atoms. The van der Waals surface area contributed by atoms with Crippen LogP contribution in [0.1, 0.15) is 0 Å². The van der Waals surface area contributed by atoms with Crippen LogP contribution in [0, 0.1) is 0 Å². The van der Waals surface area contributed by atoms with Crippen molar-refractivity contribution in [3.63, 3.8) is 0 Å². The summed E-state index contributed by atoms with van der Waals surface area (Å²) >= 11 is 0. The first-order chi connectivity index (χ1) is 33.2. The number of nitrogens with zero attached hydrogens (tertiary/aromatic N) is 2. The molecule has 2 aromatic heterocycles. The first-order valence-corrected chi connectivity index (χ1v) is 22.9. The number of rotatable bonds is 8. The summed E-state index contributed by atoms with van der Waals surface area (Å²) in [5, 5.41) is 7.13. The largest absolute Gasteiger partial charge is 0.456 e. The molecule has 13 aromatic rings. The lowest BCUT2D eigenvalue weighted by Gasteiger charge is -2.29. The third-order valence-corrected chi connectivity index (χ3v) is 13.4. The Morgan fingerprint density at radius 2 is 0.866 bits per heavy atom. The Hall–Kier alpha value is -8.92. The monoisotopic (exact) mass is 854 g/mol. The van der Waals surface area contributed by atoms with E-state index in [2.05, 4.69) is 252 Å². The predicted octanol–water partition coefficient (Wildman–Crippen LogP) is 18.0. The molecule has 0 aliphatic carbocycles. The highest BCUT2D eigenvalue weighted by molar-refractivity contribution is 6.16. The second-order valence-corrected chi connectivity index (χ2v) is 17.2. The number of benzene rings is 11. The molecule has 0 bridgehead atoms. The zero-order valence-electron chi connectivity index (χ0n) is 36.6. The quantitative estimate of drug-likeness (QED) is 0.152. The van der Waals surface area contributed by atoms with Crippen molar-refractivity contribution in [1.82, 2.24) is 4.57 Å². The fourth-order valence-electron chi connectivity index (χ4n) is 10.4. The molecule has 0 radical (unpaired) electrons. The van der Waals surface area contributed by atoms with Crippen molar-refractivity contribution < 1.29 is 4.42 Å². The molecule has 0 saturated carbocycles. The summed E-state index contributed by atoms with van der Waals surface area (Å²) in [4.78, 5) is 2.45. The molecule has 0 aliphatic rings. The van der Waals surface area contributed by atoms with Gasteiger partial charge in [0.15, 0.2) is 0 Å². The summed E-state index contributed by atoms with van der Waals surface area (Å²) in [6, 6.07) is 92.1. The molecular weight excluding hydrogens is 813 g/mol. The summed E-state index contributed by atoms with van der Waals surface area (Å²) in [5.41, 5.74) is 17.8. The van der Waals surface area contributed by atoms with Crippen molar-refractivity contribution >= 4 is 71.6 Å². The lowest BCUT2D eigenvalue weighted by molar-refractivity contribution is 0.669. The van der Waals surface area contributed by atoms with E-state index < -0.39 is 0 Å². The predicted molar refractivity (Wildman–Crippen MR) is 282 cm³/mol. The fraction of sp³-hybridized carbons (Fsp3) is 0. The number of para-hydroxylation sites is 4. The molecule has 3 nitrogen and oxygen atoms in total. The summed E-state index contributed by atoms with van der Waals surface area (Å²) in [6.45, 7) is 0. The van der Waals surface area contributed by atoms with E-state index in [4.69, 9.17) is 4.42 Å². The SMILES string of the molecule is c1ccc(-c2cccc3cccc(-c4ccccc4N(c4cccc(-c5ccc6oc7ccccc7c6c5)c4)c4cccc(-c5cccc6c5c5ccccc5n6-c5ccccc5)c4)c23)cc1. The lowest BCUT2D eigenvalue weighted by atomic mass is 9.90. The second kappa shape index (κ2) is 16.0. The van der Waals surface area contributed by atoms with Crippen LogP contribution < -0.4 is 4.90 Å². The lowest BCUT2D eigenvalue weighted by Crippen LogP contribution is -2.11. The van der Waals surface area contributed by atoms with Crippen molar-refractivity contribution in [2.24, 2.45) is 0 Å². The van der Waals surface area contributed by atoms with Gasteiger partial charge in [0, 0.05) is 44.2 Å². The van der Waals surface area contributed by atoms with Gasteiger partial charge in [-0.05, 0) is 123 Å². The van der Waals surface area contributed by atoms with Gasteiger partial charge in [0.2, 0.25) is 0 Å². The van der Waals surface area contributed by atoms with Gasteiger partial charge in [-0.2, -0.15) is 0 Å². The van der Waals surface area contributed by atoms with E-state index in [1.165, 1.54) is 54.8 Å². The molecule has 0 saturated heterocycles. The Morgan fingerprint density at radius 1 is 0.313 bits per heavy atom. The average Bonchev–Trinajstić information content (AvgIpc) is 3.95. The van der Waals surface area contributed by atoms with Gasteiger partial charge in [-0.1, -0.05) is 182 Å². The summed E-state index contributed by atoms with van der Waals surface area (Å²) in [7, 11) is 0. The molecule has 3 heteroatoms. The standard InChI is InChI=1S/C64H42N2O/c1-3-18-43(19-4-1)51-31-15-20-44-21-16-33-55(63(44)51)53-28-7-10-34-58(53)65(49-26-13-22-45(40-49)46-38-39-62-57(42-46)54-29-9-12-37-61(54)67-62)50-27-14-23-47(41-50)52-32-17-36-60-64(52)56-30-8-11-35-59(56)66(60)48-24-5-2-6-25-48/h1-42H.